The number of carbonyl (C=O) groups excluding carboxylic acids is 2. The predicted molar refractivity (Wildman–Crippen MR) is 95.9 cm³/mol. The van der Waals surface area contributed by atoms with Crippen LogP contribution in [0.3, 0.4) is 0 Å². The van der Waals surface area contributed by atoms with E-state index in [1.165, 1.54) is 0 Å². The molecule has 1 N–H and O–H groups in total. The zero-order chi connectivity index (χ0) is 18.4. The number of amides is 2. The van der Waals surface area contributed by atoms with E-state index in [4.69, 9.17) is 9.47 Å². The van der Waals surface area contributed by atoms with Crippen LogP contribution in [0.2, 0.25) is 0 Å². The SMILES string of the molecule is CCOC(=O)N1CCC(NC(=O)Cc2ccc(OC)c(C)c2C)CC1. The van der Waals surface area contributed by atoms with Gasteiger partial charge in [-0.1, -0.05) is 6.07 Å². The fourth-order valence-corrected chi connectivity index (χ4v) is 3.14. The lowest BCUT2D eigenvalue weighted by atomic mass is 9.99. The van der Waals surface area contributed by atoms with Gasteiger partial charge in [-0.2, -0.15) is 0 Å². The summed E-state index contributed by atoms with van der Waals surface area (Å²) in [5.41, 5.74) is 3.17. The van der Waals surface area contributed by atoms with Crippen molar-refractivity contribution in [2.45, 2.75) is 46.1 Å². The van der Waals surface area contributed by atoms with Crippen molar-refractivity contribution in [2.24, 2.45) is 0 Å². The minimum Gasteiger partial charge on any atom is -0.496 e. The number of ether oxygens (including phenoxy) is 2. The number of methoxy groups -OCH3 is 1. The van der Waals surface area contributed by atoms with Crippen molar-refractivity contribution < 1.29 is 19.1 Å². The second-order valence-corrected chi connectivity index (χ2v) is 6.38. The number of likely N-dealkylation sites (tertiary alicyclic amines) is 1. The third kappa shape index (κ3) is 4.87. The van der Waals surface area contributed by atoms with Gasteiger partial charge in [0.05, 0.1) is 20.1 Å². The zero-order valence-corrected chi connectivity index (χ0v) is 15.6. The van der Waals surface area contributed by atoms with Gasteiger partial charge in [-0.05, 0) is 56.4 Å². The molecule has 1 aliphatic rings. The summed E-state index contributed by atoms with van der Waals surface area (Å²) in [5.74, 6) is 0.857. The Kier molecular flexibility index (Phi) is 6.67. The summed E-state index contributed by atoms with van der Waals surface area (Å²) in [6.45, 7) is 7.43. The van der Waals surface area contributed by atoms with E-state index in [1.807, 2.05) is 26.0 Å². The van der Waals surface area contributed by atoms with Crippen LogP contribution in [0.5, 0.6) is 5.75 Å². The van der Waals surface area contributed by atoms with Gasteiger partial charge in [-0.15, -0.1) is 0 Å². The standard InChI is InChI=1S/C19H28N2O4/c1-5-25-19(23)21-10-8-16(9-11-21)20-18(22)12-15-6-7-17(24-4)14(3)13(15)2/h6-7,16H,5,8-12H2,1-4H3,(H,20,22). The van der Waals surface area contributed by atoms with Crippen molar-refractivity contribution in [3.8, 4) is 5.75 Å². The molecule has 0 saturated carbocycles. The number of benzene rings is 1. The number of rotatable bonds is 5. The smallest absolute Gasteiger partial charge is 0.409 e. The number of hydrogen-bond acceptors (Lipinski definition) is 4. The van der Waals surface area contributed by atoms with Gasteiger partial charge < -0.3 is 19.7 Å². The maximum Gasteiger partial charge on any atom is 0.409 e. The largest absolute Gasteiger partial charge is 0.496 e. The van der Waals surface area contributed by atoms with Gasteiger partial charge in [-0.25, -0.2) is 4.79 Å². The summed E-state index contributed by atoms with van der Waals surface area (Å²) in [5, 5.41) is 3.09. The van der Waals surface area contributed by atoms with Crippen LogP contribution in [0.4, 0.5) is 4.79 Å². The molecule has 0 bridgehead atoms. The van der Waals surface area contributed by atoms with Crippen molar-refractivity contribution in [3.05, 3.63) is 28.8 Å². The molecule has 0 unspecified atom stereocenters. The third-order valence-electron chi connectivity index (χ3n) is 4.81. The molecule has 0 atom stereocenters. The van der Waals surface area contributed by atoms with Crippen LogP contribution in [0.25, 0.3) is 0 Å². The van der Waals surface area contributed by atoms with Crippen LogP contribution < -0.4 is 10.1 Å². The van der Waals surface area contributed by atoms with Gasteiger partial charge in [0, 0.05) is 19.1 Å². The average Bonchev–Trinajstić information content (AvgIpc) is 2.60. The Morgan fingerprint density at radius 1 is 1.20 bits per heavy atom. The van der Waals surface area contributed by atoms with E-state index in [2.05, 4.69) is 5.32 Å². The molecule has 1 saturated heterocycles. The number of piperidine rings is 1. The van der Waals surface area contributed by atoms with Gasteiger partial charge >= 0.3 is 6.09 Å². The number of hydrogen-bond donors (Lipinski definition) is 1. The van der Waals surface area contributed by atoms with E-state index < -0.39 is 0 Å². The Labute approximate surface area is 149 Å². The topological polar surface area (TPSA) is 67.9 Å². The Hall–Kier alpha value is -2.24. The normalized spacial score (nSPS) is 15.0. The predicted octanol–water partition coefficient (Wildman–Crippen LogP) is 2.59. The van der Waals surface area contributed by atoms with Crippen LogP contribution in [0.1, 0.15) is 36.5 Å². The van der Waals surface area contributed by atoms with Crippen molar-refractivity contribution in [3.63, 3.8) is 0 Å². The molecule has 1 heterocycles. The van der Waals surface area contributed by atoms with Gasteiger partial charge in [0.2, 0.25) is 5.91 Å². The summed E-state index contributed by atoms with van der Waals surface area (Å²) in [6, 6.07) is 3.96. The molecular weight excluding hydrogens is 320 g/mol. The third-order valence-corrected chi connectivity index (χ3v) is 4.81. The summed E-state index contributed by atoms with van der Waals surface area (Å²) in [4.78, 5) is 25.8. The summed E-state index contributed by atoms with van der Waals surface area (Å²) in [6.07, 6.45) is 1.60. The maximum absolute atomic E-state index is 12.4. The summed E-state index contributed by atoms with van der Waals surface area (Å²) >= 11 is 0. The lowest BCUT2D eigenvalue weighted by Crippen LogP contribution is -2.47. The maximum atomic E-state index is 12.4. The highest BCUT2D eigenvalue weighted by Gasteiger charge is 2.24. The fourth-order valence-electron chi connectivity index (χ4n) is 3.14. The van der Waals surface area contributed by atoms with Crippen molar-refractivity contribution in [1.29, 1.82) is 0 Å². The Balaban J connectivity index is 1.86. The Bertz CT molecular complexity index is 622. The lowest BCUT2D eigenvalue weighted by Gasteiger charge is -2.31. The van der Waals surface area contributed by atoms with Crippen LogP contribution in [-0.4, -0.2) is 49.7 Å². The van der Waals surface area contributed by atoms with Crippen LogP contribution in [0.15, 0.2) is 12.1 Å². The first-order valence-corrected chi connectivity index (χ1v) is 8.80. The molecule has 1 aromatic carbocycles. The molecule has 1 fully saturated rings. The first-order valence-electron chi connectivity index (χ1n) is 8.80. The van der Waals surface area contributed by atoms with Crippen LogP contribution in [0, 0.1) is 13.8 Å². The van der Waals surface area contributed by atoms with Gasteiger partial charge in [0.15, 0.2) is 0 Å². The number of nitrogens with one attached hydrogen (secondary N) is 1. The van der Waals surface area contributed by atoms with Crippen molar-refractivity contribution in [2.75, 3.05) is 26.8 Å². The first kappa shape index (κ1) is 19.1. The molecule has 0 aliphatic carbocycles. The monoisotopic (exact) mass is 348 g/mol. The van der Waals surface area contributed by atoms with Gasteiger partial charge in [-0.3, -0.25) is 4.79 Å². The highest BCUT2D eigenvalue weighted by molar-refractivity contribution is 5.79. The molecule has 138 valence electrons. The highest BCUT2D eigenvalue weighted by Crippen LogP contribution is 2.24. The zero-order valence-electron chi connectivity index (χ0n) is 15.6. The van der Waals surface area contributed by atoms with Crippen molar-refractivity contribution >= 4 is 12.0 Å². The van der Waals surface area contributed by atoms with Crippen LogP contribution in [-0.2, 0) is 16.0 Å². The molecule has 1 aliphatic heterocycles. The molecule has 2 amide bonds. The van der Waals surface area contributed by atoms with Crippen LogP contribution >= 0.6 is 0 Å². The Morgan fingerprint density at radius 2 is 1.88 bits per heavy atom. The van der Waals surface area contributed by atoms with Gasteiger partial charge in [0.25, 0.3) is 0 Å². The second-order valence-electron chi connectivity index (χ2n) is 6.38. The van der Waals surface area contributed by atoms with E-state index in [-0.39, 0.29) is 18.0 Å². The molecule has 2 rings (SSSR count). The molecule has 1 aromatic rings. The highest BCUT2D eigenvalue weighted by atomic mass is 16.6. The van der Waals surface area contributed by atoms with E-state index in [0.717, 1.165) is 35.3 Å². The summed E-state index contributed by atoms with van der Waals surface area (Å²) < 4.78 is 10.3. The fraction of sp³-hybridized carbons (Fsp3) is 0.579. The molecule has 0 radical (unpaired) electrons. The first-order chi connectivity index (χ1) is 12.0. The lowest BCUT2D eigenvalue weighted by molar-refractivity contribution is -0.121. The van der Waals surface area contributed by atoms with Crippen molar-refractivity contribution in [1.82, 2.24) is 10.2 Å². The molecule has 0 spiro atoms. The van der Waals surface area contributed by atoms with E-state index in [1.54, 1.807) is 18.9 Å². The molecule has 25 heavy (non-hydrogen) atoms. The average molecular weight is 348 g/mol. The minimum atomic E-state index is -0.267. The summed E-state index contributed by atoms with van der Waals surface area (Å²) in [7, 11) is 1.65. The molecule has 6 heteroatoms. The van der Waals surface area contributed by atoms with Gasteiger partial charge in [0.1, 0.15) is 5.75 Å². The minimum absolute atomic E-state index is 0.0160. The molecule has 6 nitrogen and oxygen atoms in total. The van der Waals surface area contributed by atoms with E-state index >= 15 is 0 Å². The van der Waals surface area contributed by atoms with E-state index in [9.17, 15) is 9.59 Å². The number of carbonyl (C=O) groups is 2. The number of nitrogens with zero attached hydrogens (tertiary/aromatic N) is 1. The second kappa shape index (κ2) is 8.74. The Morgan fingerprint density at radius 3 is 2.48 bits per heavy atom. The molecular formula is C19H28N2O4. The quantitative estimate of drug-likeness (QED) is 0.888. The molecule has 0 aromatic heterocycles. The van der Waals surface area contributed by atoms with E-state index in [0.29, 0.717) is 26.1 Å².